The van der Waals surface area contributed by atoms with Gasteiger partial charge in [-0.2, -0.15) is 5.10 Å². The normalized spacial score (nSPS) is 17.3. The Bertz CT molecular complexity index is 858. The molecule has 0 fully saturated rings. The predicted molar refractivity (Wildman–Crippen MR) is 93.7 cm³/mol. The van der Waals surface area contributed by atoms with Gasteiger partial charge in [0.1, 0.15) is 5.76 Å². The van der Waals surface area contributed by atoms with Gasteiger partial charge in [0.2, 0.25) is 0 Å². The van der Waals surface area contributed by atoms with Crippen molar-refractivity contribution in [2.24, 2.45) is 12.5 Å². The van der Waals surface area contributed by atoms with Crippen LogP contribution in [0.1, 0.15) is 76.7 Å². The first-order valence-electron chi connectivity index (χ1n) is 8.55. The van der Waals surface area contributed by atoms with E-state index in [0.29, 0.717) is 29.7 Å². The van der Waals surface area contributed by atoms with Gasteiger partial charge in [0, 0.05) is 36.7 Å². The fourth-order valence-electron chi connectivity index (χ4n) is 3.58. The van der Waals surface area contributed by atoms with E-state index in [0.717, 1.165) is 11.3 Å². The number of hydrogen-bond donors (Lipinski definition) is 1. The van der Waals surface area contributed by atoms with E-state index in [1.807, 2.05) is 34.7 Å². The summed E-state index contributed by atoms with van der Waals surface area (Å²) in [5.74, 6) is 0.634. The van der Waals surface area contributed by atoms with Crippen LogP contribution >= 0.6 is 0 Å². The third kappa shape index (κ3) is 3.01. The van der Waals surface area contributed by atoms with Gasteiger partial charge in [-0.05, 0) is 26.2 Å². The van der Waals surface area contributed by atoms with E-state index in [-0.39, 0.29) is 28.9 Å². The summed E-state index contributed by atoms with van der Waals surface area (Å²) < 4.78 is 7.60. The first-order valence-corrected chi connectivity index (χ1v) is 8.55. The molecular formula is C19H25N3O3. The molecule has 1 N–H and O–H groups in total. The summed E-state index contributed by atoms with van der Waals surface area (Å²) >= 11 is 0. The minimum atomic E-state index is -0.298. The van der Waals surface area contributed by atoms with Crippen molar-refractivity contribution in [1.82, 2.24) is 15.1 Å². The van der Waals surface area contributed by atoms with E-state index in [1.54, 1.807) is 17.8 Å². The molecule has 6 nitrogen and oxygen atoms in total. The van der Waals surface area contributed by atoms with Gasteiger partial charge in [0.15, 0.2) is 11.5 Å². The number of aromatic nitrogens is 2. The Morgan fingerprint density at radius 1 is 1.36 bits per heavy atom. The molecule has 1 aliphatic rings. The summed E-state index contributed by atoms with van der Waals surface area (Å²) in [4.78, 5) is 25.2. The van der Waals surface area contributed by atoms with E-state index in [9.17, 15) is 9.59 Å². The minimum absolute atomic E-state index is 0.0581. The number of nitrogens with zero attached hydrogens (tertiary/aromatic N) is 2. The van der Waals surface area contributed by atoms with Crippen LogP contribution in [0.3, 0.4) is 0 Å². The summed E-state index contributed by atoms with van der Waals surface area (Å²) in [6.07, 6.45) is 2.90. The maximum Gasteiger partial charge on any atom is 0.287 e. The summed E-state index contributed by atoms with van der Waals surface area (Å²) in [5.41, 5.74) is 3.06. The molecule has 2 aromatic heterocycles. The molecule has 1 amide bonds. The van der Waals surface area contributed by atoms with E-state index in [1.165, 1.54) is 0 Å². The molecular weight excluding hydrogens is 318 g/mol. The fraction of sp³-hybridized carbons (Fsp3) is 0.526. The van der Waals surface area contributed by atoms with E-state index in [4.69, 9.17) is 4.42 Å². The smallest absolute Gasteiger partial charge is 0.287 e. The van der Waals surface area contributed by atoms with Gasteiger partial charge >= 0.3 is 0 Å². The number of furan rings is 1. The molecule has 0 bridgehead atoms. The van der Waals surface area contributed by atoms with Crippen molar-refractivity contribution >= 4 is 11.7 Å². The first-order chi connectivity index (χ1) is 11.6. The highest BCUT2D eigenvalue weighted by atomic mass is 16.4. The van der Waals surface area contributed by atoms with Crippen LogP contribution in [0.2, 0.25) is 0 Å². The number of hydrogen-bond acceptors (Lipinski definition) is 4. The Balaban J connectivity index is 1.87. The second-order valence-electron chi connectivity index (χ2n) is 7.80. The number of Topliss-reactive ketones (excluding diaryl/α,β-unsaturated/α-hetero) is 1. The average Bonchev–Trinajstić information content (AvgIpc) is 2.99. The second-order valence-corrected chi connectivity index (χ2v) is 7.80. The number of rotatable bonds is 3. The highest BCUT2D eigenvalue weighted by molar-refractivity contribution is 6.03. The first kappa shape index (κ1) is 17.5. The van der Waals surface area contributed by atoms with E-state index in [2.05, 4.69) is 10.4 Å². The monoisotopic (exact) mass is 343 g/mol. The van der Waals surface area contributed by atoms with Crippen molar-refractivity contribution in [2.45, 2.75) is 53.5 Å². The third-order valence-corrected chi connectivity index (χ3v) is 5.07. The molecule has 1 atom stereocenters. The third-order valence-electron chi connectivity index (χ3n) is 5.07. The lowest BCUT2D eigenvalue weighted by atomic mass is 9.76. The molecule has 3 rings (SSSR count). The summed E-state index contributed by atoms with van der Waals surface area (Å²) in [6, 6.07) is -0.199. The lowest BCUT2D eigenvalue weighted by Gasteiger charge is -2.27. The number of fused-ring (bicyclic) bond motifs is 1. The molecule has 0 saturated heterocycles. The van der Waals surface area contributed by atoms with Crippen molar-refractivity contribution in [3.8, 4) is 0 Å². The Kier molecular flexibility index (Phi) is 4.09. The highest BCUT2D eigenvalue weighted by Gasteiger charge is 2.37. The van der Waals surface area contributed by atoms with Crippen molar-refractivity contribution in [1.29, 1.82) is 0 Å². The Labute approximate surface area is 147 Å². The largest absolute Gasteiger partial charge is 0.455 e. The van der Waals surface area contributed by atoms with Gasteiger partial charge in [-0.3, -0.25) is 14.3 Å². The predicted octanol–water partition coefficient (Wildman–Crippen LogP) is 3.28. The van der Waals surface area contributed by atoms with Gasteiger partial charge in [-0.25, -0.2) is 0 Å². The highest BCUT2D eigenvalue weighted by Crippen LogP contribution is 2.38. The van der Waals surface area contributed by atoms with Crippen molar-refractivity contribution in [3.05, 3.63) is 40.1 Å². The number of carbonyl (C=O) groups is 2. The lowest BCUT2D eigenvalue weighted by Crippen LogP contribution is -2.27. The molecule has 6 heteroatoms. The number of ketones is 1. The van der Waals surface area contributed by atoms with Crippen LogP contribution in [0.15, 0.2) is 10.6 Å². The van der Waals surface area contributed by atoms with E-state index < -0.39 is 0 Å². The summed E-state index contributed by atoms with van der Waals surface area (Å²) in [5, 5.41) is 7.17. The van der Waals surface area contributed by atoms with Gasteiger partial charge in [0.05, 0.1) is 17.8 Å². The SMILES string of the molecule is Cc1c(C(=O)N[C@H](C)c2cnn(C)c2C)oc2c1C(=O)CC(C)(C)C2. The molecule has 2 aromatic rings. The molecule has 134 valence electrons. The standard InChI is InChI=1S/C19H25N3O3/c1-10-16-14(23)7-19(4,5)8-15(16)25-17(10)18(24)21-11(2)13-9-20-22(6)12(13)3/h9,11H,7-8H2,1-6H3,(H,21,24)/t11-/m1/s1. The van der Waals surface area contributed by atoms with Crippen LogP contribution in [0.4, 0.5) is 0 Å². The zero-order valence-electron chi connectivity index (χ0n) is 15.7. The Morgan fingerprint density at radius 2 is 2.04 bits per heavy atom. The van der Waals surface area contributed by atoms with Crippen LogP contribution in [0, 0.1) is 19.3 Å². The average molecular weight is 343 g/mol. The molecule has 25 heavy (non-hydrogen) atoms. The van der Waals surface area contributed by atoms with Crippen molar-refractivity contribution in [2.75, 3.05) is 0 Å². The molecule has 0 aliphatic heterocycles. The van der Waals surface area contributed by atoms with Gasteiger partial charge in [0.25, 0.3) is 5.91 Å². The fourth-order valence-corrected chi connectivity index (χ4v) is 3.58. The van der Waals surface area contributed by atoms with Crippen LogP contribution in [0.5, 0.6) is 0 Å². The topological polar surface area (TPSA) is 77.1 Å². The van der Waals surface area contributed by atoms with Crippen LogP contribution in [-0.4, -0.2) is 21.5 Å². The molecule has 0 radical (unpaired) electrons. The van der Waals surface area contributed by atoms with Gasteiger partial charge in [-0.1, -0.05) is 13.8 Å². The zero-order chi connectivity index (χ0) is 18.5. The number of aryl methyl sites for hydroxylation is 1. The van der Waals surface area contributed by atoms with Crippen LogP contribution < -0.4 is 5.32 Å². The minimum Gasteiger partial charge on any atom is -0.455 e. The van der Waals surface area contributed by atoms with Crippen LogP contribution in [0.25, 0.3) is 0 Å². The molecule has 2 heterocycles. The molecule has 0 aromatic carbocycles. The molecule has 0 saturated carbocycles. The molecule has 1 aliphatic carbocycles. The van der Waals surface area contributed by atoms with Crippen molar-refractivity contribution in [3.63, 3.8) is 0 Å². The summed E-state index contributed by atoms with van der Waals surface area (Å²) in [7, 11) is 1.87. The number of carbonyl (C=O) groups excluding carboxylic acids is 2. The maximum absolute atomic E-state index is 12.7. The second kappa shape index (κ2) is 5.86. The van der Waals surface area contributed by atoms with Gasteiger partial charge < -0.3 is 9.73 Å². The maximum atomic E-state index is 12.7. The Hall–Kier alpha value is -2.37. The van der Waals surface area contributed by atoms with Crippen molar-refractivity contribution < 1.29 is 14.0 Å². The van der Waals surface area contributed by atoms with Gasteiger partial charge in [-0.15, -0.1) is 0 Å². The lowest BCUT2D eigenvalue weighted by molar-refractivity contribution is 0.0883. The quantitative estimate of drug-likeness (QED) is 0.928. The summed E-state index contributed by atoms with van der Waals surface area (Å²) in [6.45, 7) is 9.74. The van der Waals surface area contributed by atoms with E-state index >= 15 is 0 Å². The number of nitrogens with one attached hydrogen (secondary N) is 1. The number of amides is 1. The zero-order valence-corrected chi connectivity index (χ0v) is 15.7. The molecule has 0 unspecified atom stereocenters. The Morgan fingerprint density at radius 3 is 2.64 bits per heavy atom. The van der Waals surface area contributed by atoms with Crippen LogP contribution in [-0.2, 0) is 13.5 Å². The molecule has 0 spiro atoms.